The standard InChI is InChI=1S/C18H20F3N7.C18H21F2N7.C16H19F2N7.2C15H18BrN7/c1-10-12(8-28(27-10)13-6-16(13,2)9-22)24-15-23-7-11(18(19,20)21)14(25-15)26-17(3)4-5-17;1-10-13(8-27(26-10)14-6-17(14,2)9-21)24-16-22-7-12(18(3,19)20)15(25-16)23-11-4-5-11;1-9-11(7-25(24-9)12-5-15(12,2)8-19)22-14-21-6-10(16(3,17)18)13(20-4)23-14;2*1-4-18-13-10(16)6-19-14(21-13)20-11-7-23(22-9(11)2)12-5-15(12,3)8-17/h7-8,13H,4-6H2,1-3H3,(H2,23,24,25,26);7-8,11,14H,4-6H2,1-3H3,(H2,22,23,24,25);6-7,12H,5H2,1-4H3,(H2,20,21,22,23);2*6-7,12H,4-5H2,1-3H3,(H2,18,19,20,21)/t13?,16-;14?,17-;3*12?,15-/m10010/s1. The molecular formula is C82H96Br2F7N35. The Hall–Kier alpha value is -12.6. The van der Waals surface area contributed by atoms with Crippen LogP contribution in [0.15, 0.2) is 70.9 Å². The predicted octanol–water partition coefficient (Wildman–Crippen LogP) is 18.2. The molecular weight excluding hydrogens is 1770 g/mol. The number of aromatic nitrogens is 20. The Labute approximate surface area is 739 Å². The highest BCUT2D eigenvalue weighted by molar-refractivity contribution is 9.11. The van der Waals surface area contributed by atoms with E-state index in [9.17, 15) is 51.8 Å². The maximum Gasteiger partial charge on any atom is 0.421 e. The van der Waals surface area contributed by atoms with Gasteiger partial charge >= 0.3 is 6.18 Å². The molecule has 5 unspecified atom stereocenters. The lowest BCUT2D eigenvalue weighted by Gasteiger charge is -2.18. The number of nitrogens with zero attached hydrogens (tertiary/aromatic N) is 25. The van der Waals surface area contributed by atoms with E-state index in [4.69, 9.17) is 5.26 Å². The van der Waals surface area contributed by atoms with Gasteiger partial charge in [-0.25, -0.2) is 42.5 Å². The molecule has 10 N–H and O–H groups in total. The van der Waals surface area contributed by atoms with Gasteiger partial charge in [0.2, 0.25) is 29.7 Å². The van der Waals surface area contributed by atoms with E-state index in [0.29, 0.717) is 46.8 Å². The summed E-state index contributed by atoms with van der Waals surface area (Å²) in [5.41, 5.74) is 3.91. The van der Waals surface area contributed by atoms with Gasteiger partial charge in [0, 0.05) is 108 Å². The van der Waals surface area contributed by atoms with Crippen LogP contribution in [0.4, 0.5) is 118 Å². The number of nitriles is 5. The minimum atomic E-state index is -4.54. The molecule has 0 spiro atoms. The van der Waals surface area contributed by atoms with Crippen molar-refractivity contribution in [2.75, 3.05) is 73.3 Å². The van der Waals surface area contributed by atoms with Crippen molar-refractivity contribution in [2.24, 2.45) is 27.1 Å². The average molecular weight is 1860 g/mol. The van der Waals surface area contributed by atoms with E-state index in [-0.39, 0.29) is 110 Å². The number of halogens is 9. The molecule has 0 bridgehead atoms. The van der Waals surface area contributed by atoms with Crippen molar-refractivity contribution >= 4 is 119 Å². The first-order valence-electron chi connectivity index (χ1n) is 40.7. The zero-order valence-electron chi connectivity index (χ0n) is 72.1. The third-order valence-electron chi connectivity index (χ3n) is 23.0. The zero-order valence-corrected chi connectivity index (χ0v) is 75.3. The number of hydrogen-bond donors (Lipinski definition) is 10. The van der Waals surface area contributed by atoms with Gasteiger partial charge in [0.25, 0.3) is 11.8 Å². The van der Waals surface area contributed by atoms with Gasteiger partial charge in [0.15, 0.2) is 0 Å². The summed E-state index contributed by atoms with van der Waals surface area (Å²) in [5, 5.41) is 98.6. The summed E-state index contributed by atoms with van der Waals surface area (Å²) in [6.45, 7) is 28.0. The molecule has 10 aromatic rings. The molecule has 0 aromatic carbocycles. The van der Waals surface area contributed by atoms with E-state index < -0.39 is 29.0 Å². The Morgan fingerprint density at radius 3 is 0.913 bits per heavy atom. The quantitative estimate of drug-likeness (QED) is 0.0225. The summed E-state index contributed by atoms with van der Waals surface area (Å²) >= 11 is 6.84. The number of anilines is 15. The van der Waals surface area contributed by atoms with E-state index >= 15 is 0 Å². The van der Waals surface area contributed by atoms with Crippen molar-refractivity contribution in [1.82, 2.24) is 98.7 Å². The molecule has 10 atom stereocenters. The first-order chi connectivity index (χ1) is 59.3. The van der Waals surface area contributed by atoms with Crippen LogP contribution >= 0.6 is 31.9 Å². The molecule has 17 rings (SSSR count). The van der Waals surface area contributed by atoms with E-state index in [2.05, 4.69) is 191 Å². The lowest BCUT2D eigenvalue weighted by atomic mass is 10.2. The van der Waals surface area contributed by atoms with Crippen LogP contribution in [-0.4, -0.2) is 130 Å². The Balaban J connectivity index is 0.000000135. The highest BCUT2D eigenvalue weighted by Gasteiger charge is 2.57. The molecule has 7 saturated carbocycles. The van der Waals surface area contributed by atoms with E-state index in [1.54, 1.807) is 45.8 Å². The van der Waals surface area contributed by atoms with Crippen molar-refractivity contribution in [1.29, 1.82) is 26.3 Å². The zero-order chi connectivity index (χ0) is 91.3. The van der Waals surface area contributed by atoms with Gasteiger partial charge in [0.1, 0.15) is 34.7 Å². The van der Waals surface area contributed by atoms with Gasteiger partial charge in [0.05, 0.1) is 165 Å². The molecule has 0 aliphatic heterocycles. The summed E-state index contributed by atoms with van der Waals surface area (Å²) in [6.07, 6.45) is 18.5. The van der Waals surface area contributed by atoms with Gasteiger partial charge in [-0.05, 0) is 180 Å². The minimum Gasteiger partial charge on any atom is -0.373 e. The van der Waals surface area contributed by atoms with Gasteiger partial charge in [-0.2, -0.15) is 89.9 Å². The normalized spacial score (nSPS) is 23.4. The van der Waals surface area contributed by atoms with Crippen molar-refractivity contribution < 1.29 is 30.7 Å². The summed E-state index contributed by atoms with van der Waals surface area (Å²) in [7, 11) is 1.53. The van der Waals surface area contributed by atoms with Crippen molar-refractivity contribution in [3.05, 3.63) is 116 Å². The molecule has 10 aromatic heterocycles. The summed E-state index contributed by atoms with van der Waals surface area (Å²) in [5.74, 6) is -3.08. The number of rotatable bonds is 26. The van der Waals surface area contributed by atoms with Gasteiger partial charge in [-0.1, -0.05) is 0 Å². The Morgan fingerprint density at radius 2 is 0.667 bits per heavy atom. The molecule has 44 heteroatoms. The predicted molar refractivity (Wildman–Crippen MR) is 464 cm³/mol. The smallest absolute Gasteiger partial charge is 0.373 e. The van der Waals surface area contributed by atoms with Crippen LogP contribution in [0.3, 0.4) is 0 Å². The third-order valence-corrected chi connectivity index (χ3v) is 24.2. The van der Waals surface area contributed by atoms with Crippen molar-refractivity contribution in [2.45, 2.75) is 221 Å². The molecule has 7 fully saturated rings. The molecule has 10 heterocycles. The summed E-state index contributed by atoms with van der Waals surface area (Å²) < 4.78 is 105. The van der Waals surface area contributed by atoms with Crippen molar-refractivity contribution in [3.8, 4) is 30.3 Å². The molecule has 662 valence electrons. The van der Waals surface area contributed by atoms with Crippen LogP contribution in [0.1, 0.15) is 202 Å². The van der Waals surface area contributed by atoms with Crippen LogP contribution in [0.5, 0.6) is 0 Å². The van der Waals surface area contributed by atoms with Crippen LogP contribution in [0.2, 0.25) is 0 Å². The SMILES string of the molecule is CCNc1nc(Nc2cn(C3C[C@@]3(C)C#N)nc2C)ncc1Br.CCNc1nc(Nc2cn(C3C[C@]3(C)C#N)nc2C)ncc1Br.CNc1nc(Nc2cn(C3C[C@@]3(C)C#N)nc2C)ncc1C(C)(F)F.Cc1nn(C2C[C@@]2(C)C#N)cc1Nc1ncc(C(C)(F)F)c(NC2CC2)n1.Cc1nn(C2C[C@]2(C)C#N)cc1Nc1ncc(C(F)(F)F)c(NC2(C)CC2)n1. The van der Waals surface area contributed by atoms with Gasteiger partial charge in [-0.3, -0.25) is 23.4 Å². The molecule has 7 aliphatic rings. The lowest BCUT2D eigenvalue weighted by molar-refractivity contribution is -0.137. The Morgan fingerprint density at radius 1 is 0.405 bits per heavy atom. The lowest BCUT2D eigenvalue weighted by Crippen LogP contribution is -2.21. The number of hydrogen-bond acceptors (Lipinski definition) is 30. The fraction of sp³-hybridized carbons (Fsp3) is 0.512. The second-order valence-corrected chi connectivity index (χ2v) is 36.0. The van der Waals surface area contributed by atoms with Crippen LogP contribution < -0.4 is 53.2 Å². The minimum absolute atomic E-state index is 0.00711. The molecule has 126 heavy (non-hydrogen) atoms. The monoisotopic (exact) mass is 1860 g/mol. The van der Waals surface area contributed by atoms with E-state index in [0.717, 1.165) is 146 Å². The number of alkyl halides is 7. The average Bonchev–Trinajstić information content (AvgIpc) is 1.61. The second-order valence-electron chi connectivity index (χ2n) is 34.2. The highest BCUT2D eigenvalue weighted by atomic mass is 79.9. The summed E-state index contributed by atoms with van der Waals surface area (Å²) in [6, 6.07) is 12.1. The van der Waals surface area contributed by atoms with Gasteiger partial charge < -0.3 is 53.2 Å². The van der Waals surface area contributed by atoms with Crippen LogP contribution in [0.25, 0.3) is 0 Å². The topological polar surface area (TPSA) is 457 Å². The highest BCUT2D eigenvalue weighted by Crippen LogP contribution is 2.59. The first kappa shape index (κ1) is 91.1. The van der Waals surface area contributed by atoms with Crippen LogP contribution in [0, 0.1) is 118 Å². The van der Waals surface area contributed by atoms with E-state index in [1.165, 1.54) is 7.05 Å². The maximum absolute atomic E-state index is 13.8. The number of aryl methyl sites for hydroxylation is 5. The van der Waals surface area contributed by atoms with Gasteiger partial charge in [-0.15, -0.1) is 0 Å². The second kappa shape index (κ2) is 34.7. The Bertz CT molecular complexity index is 5830. The first-order valence-corrected chi connectivity index (χ1v) is 42.3. The van der Waals surface area contributed by atoms with Crippen molar-refractivity contribution in [3.63, 3.8) is 0 Å². The molecule has 0 saturated heterocycles. The number of nitrogens with one attached hydrogen (secondary N) is 10. The molecule has 35 nitrogen and oxygen atoms in total. The largest absolute Gasteiger partial charge is 0.421 e. The Kier molecular flexibility index (Phi) is 25.1. The molecule has 0 amide bonds. The fourth-order valence-corrected chi connectivity index (χ4v) is 14.4. The maximum atomic E-state index is 13.8. The van der Waals surface area contributed by atoms with E-state index in [1.807, 2.05) is 111 Å². The molecule has 7 aliphatic carbocycles. The molecule has 0 radical (unpaired) electrons. The fourth-order valence-electron chi connectivity index (χ4n) is 13.7. The summed E-state index contributed by atoms with van der Waals surface area (Å²) in [4.78, 5) is 41.7. The van der Waals surface area contributed by atoms with Crippen LogP contribution in [-0.2, 0) is 18.0 Å². The third kappa shape index (κ3) is 20.8.